The van der Waals surface area contributed by atoms with E-state index in [0.717, 1.165) is 5.92 Å². The van der Waals surface area contributed by atoms with Crippen molar-refractivity contribution in [3.05, 3.63) is 0 Å². The molecule has 0 aliphatic heterocycles. The van der Waals surface area contributed by atoms with Crippen LogP contribution in [0.4, 0.5) is 0 Å². The summed E-state index contributed by atoms with van der Waals surface area (Å²) in [6, 6.07) is 0. The minimum Gasteiger partial charge on any atom is -0.306 e. The van der Waals surface area contributed by atoms with Gasteiger partial charge in [-0.1, -0.05) is 34.6 Å². The first-order valence-electron chi connectivity index (χ1n) is 5.06. The Kier molecular flexibility index (Phi) is 4.84. The summed E-state index contributed by atoms with van der Waals surface area (Å²) in [7, 11) is 2.21. The van der Waals surface area contributed by atoms with Gasteiger partial charge in [0.1, 0.15) is 0 Å². The number of hydrogen-bond acceptors (Lipinski definition) is 1. The van der Waals surface area contributed by atoms with Gasteiger partial charge in [0.2, 0.25) is 0 Å². The molecule has 0 aliphatic rings. The Balaban J connectivity index is 3.76. The molecule has 1 unspecified atom stereocenters. The molecule has 0 amide bonds. The molecule has 0 aromatic rings. The molecule has 1 atom stereocenters. The summed E-state index contributed by atoms with van der Waals surface area (Å²) >= 11 is 0. The number of nitrogens with zero attached hydrogens (tertiary/aromatic N) is 1. The molecule has 0 N–H and O–H groups in total. The zero-order chi connectivity index (χ0) is 9.78. The Morgan fingerprint density at radius 3 is 2.08 bits per heavy atom. The van der Waals surface area contributed by atoms with Crippen LogP contribution in [-0.2, 0) is 0 Å². The van der Waals surface area contributed by atoms with Gasteiger partial charge in [-0.3, -0.25) is 0 Å². The molecule has 0 heterocycles. The maximum atomic E-state index is 2.43. The second kappa shape index (κ2) is 4.86. The quantitative estimate of drug-likeness (QED) is 0.628. The highest BCUT2D eigenvalue weighted by molar-refractivity contribution is 4.72. The second-order valence-corrected chi connectivity index (χ2v) is 5.03. The molecule has 0 radical (unpaired) electrons. The van der Waals surface area contributed by atoms with E-state index >= 15 is 0 Å². The highest BCUT2D eigenvalue weighted by Gasteiger charge is 2.20. The first-order valence-corrected chi connectivity index (χ1v) is 5.06. The summed E-state index contributed by atoms with van der Waals surface area (Å²) in [5, 5.41) is 0. The van der Waals surface area contributed by atoms with Gasteiger partial charge in [0.05, 0.1) is 0 Å². The summed E-state index contributed by atoms with van der Waals surface area (Å²) in [6.45, 7) is 14.0. The average Bonchev–Trinajstić information content (AvgIpc) is 1.85. The fraction of sp³-hybridized carbons (Fsp3) is 1.00. The van der Waals surface area contributed by atoms with E-state index in [1.165, 1.54) is 19.5 Å². The van der Waals surface area contributed by atoms with Crippen molar-refractivity contribution in [2.24, 2.45) is 11.3 Å². The predicted molar refractivity (Wildman–Crippen MR) is 56.4 cm³/mol. The lowest BCUT2D eigenvalue weighted by atomic mass is 9.82. The van der Waals surface area contributed by atoms with Gasteiger partial charge in [-0.25, -0.2) is 0 Å². The Morgan fingerprint density at radius 2 is 1.75 bits per heavy atom. The van der Waals surface area contributed by atoms with Crippen LogP contribution in [-0.4, -0.2) is 25.0 Å². The molecule has 0 aromatic carbocycles. The molecule has 1 nitrogen and oxygen atoms in total. The summed E-state index contributed by atoms with van der Waals surface area (Å²) in [5.74, 6) is 0.772. The molecule has 0 spiro atoms. The standard InChI is InChI=1S/C11H25N/c1-7-8-12(6)9-10(2)11(3,4)5/h10H,7-9H2,1-6H3. The molecular formula is C11H25N. The van der Waals surface area contributed by atoms with Gasteiger partial charge in [-0.15, -0.1) is 0 Å². The first-order chi connectivity index (χ1) is 5.38. The van der Waals surface area contributed by atoms with Gasteiger partial charge in [-0.05, 0) is 31.3 Å². The summed E-state index contributed by atoms with van der Waals surface area (Å²) in [5.41, 5.74) is 0.446. The maximum absolute atomic E-state index is 2.43. The molecule has 1 heteroatoms. The third kappa shape index (κ3) is 4.76. The monoisotopic (exact) mass is 171 g/mol. The Morgan fingerprint density at radius 1 is 1.25 bits per heavy atom. The zero-order valence-corrected chi connectivity index (χ0v) is 9.65. The lowest BCUT2D eigenvalue weighted by molar-refractivity contribution is 0.183. The highest BCUT2D eigenvalue weighted by atomic mass is 15.1. The van der Waals surface area contributed by atoms with E-state index in [-0.39, 0.29) is 0 Å². The van der Waals surface area contributed by atoms with Gasteiger partial charge in [0, 0.05) is 6.54 Å². The Hall–Kier alpha value is -0.0400. The van der Waals surface area contributed by atoms with Gasteiger partial charge in [-0.2, -0.15) is 0 Å². The second-order valence-electron chi connectivity index (χ2n) is 5.03. The molecule has 0 saturated heterocycles. The molecular weight excluding hydrogens is 146 g/mol. The summed E-state index contributed by atoms with van der Waals surface area (Å²) in [6.07, 6.45) is 1.26. The van der Waals surface area contributed by atoms with Gasteiger partial charge in [0.25, 0.3) is 0 Å². The van der Waals surface area contributed by atoms with Crippen LogP contribution in [0.3, 0.4) is 0 Å². The van der Waals surface area contributed by atoms with E-state index < -0.39 is 0 Å². The Bertz CT molecular complexity index is 113. The molecule has 0 rings (SSSR count). The molecule has 74 valence electrons. The maximum Gasteiger partial charge on any atom is 0.000896 e. The highest BCUT2D eigenvalue weighted by Crippen LogP contribution is 2.25. The van der Waals surface area contributed by atoms with Crippen molar-refractivity contribution >= 4 is 0 Å². The van der Waals surface area contributed by atoms with Crippen LogP contribution in [0.25, 0.3) is 0 Å². The lowest BCUT2D eigenvalue weighted by Gasteiger charge is -2.31. The van der Waals surface area contributed by atoms with E-state index in [1.807, 2.05) is 0 Å². The van der Waals surface area contributed by atoms with Gasteiger partial charge >= 0.3 is 0 Å². The van der Waals surface area contributed by atoms with Crippen LogP contribution in [0.15, 0.2) is 0 Å². The van der Waals surface area contributed by atoms with Crippen LogP contribution in [0.5, 0.6) is 0 Å². The minimum absolute atomic E-state index is 0.446. The van der Waals surface area contributed by atoms with Crippen molar-refractivity contribution in [2.45, 2.75) is 41.0 Å². The van der Waals surface area contributed by atoms with Crippen LogP contribution in [0.1, 0.15) is 41.0 Å². The largest absolute Gasteiger partial charge is 0.306 e. The zero-order valence-electron chi connectivity index (χ0n) is 9.65. The molecule has 0 aromatic heterocycles. The normalized spacial score (nSPS) is 15.2. The van der Waals surface area contributed by atoms with E-state index in [9.17, 15) is 0 Å². The SMILES string of the molecule is CCCN(C)CC(C)C(C)(C)C. The summed E-state index contributed by atoms with van der Waals surface area (Å²) < 4.78 is 0. The molecule has 0 saturated carbocycles. The minimum atomic E-state index is 0.446. The Labute approximate surface area is 78.1 Å². The van der Waals surface area contributed by atoms with Crippen LogP contribution in [0.2, 0.25) is 0 Å². The van der Waals surface area contributed by atoms with Crippen LogP contribution >= 0.6 is 0 Å². The van der Waals surface area contributed by atoms with E-state index in [0.29, 0.717) is 5.41 Å². The van der Waals surface area contributed by atoms with E-state index in [4.69, 9.17) is 0 Å². The van der Waals surface area contributed by atoms with Crippen LogP contribution < -0.4 is 0 Å². The van der Waals surface area contributed by atoms with Crippen molar-refractivity contribution in [3.8, 4) is 0 Å². The fourth-order valence-corrected chi connectivity index (χ4v) is 1.21. The average molecular weight is 171 g/mol. The van der Waals surface area contributed by atoms with E-state index in [1.54, 1.807) is 0 Å². The molecule has 0 aliphatic carbocycles. The number of rotatable bonds is 4. The summed E-state index contributed by atoms with van der Waals surface area (Å²) in [4.78, 5) is 2.43. The smallest absolute Gasteiger partial charge is 0.000896 e. The van der Waals surface area contributed by atoms with Crippen molar-refractivity contribution in [1.82, 2.24) is 4.90 Å². The number of hydrogen-bond donors (Lipinski definition) is 0. The van der Waals surface area contributed by atoms with Crippen molar-refractivity contribution in [2.75, 3.05) is 20.1 Å². The molecule has 12 heavy (non-hydrogen) atoms. The topological polar surface area (TPSA) is 3.24 Å². The van der Waals surface area contributed by atoms with Crippen molar-refractivity contribution in [3.63, 3.8) is 0 Å². The van der Waals surface area contributed by atoms with Gasteiger partial charge < -0.3 is 4.90 Å². The van der Waals surface area contributed by atoms with Crippen molar-refractivity contribution in [1.29, 1.82) is 0 Å². The third-order valence-electron chi connectivity index (χ3n) is 2.67. The van der Waals surface area contributed by atoms with Crippen molar-refractivity contribution < 1.29 is 0 Å². The third-order valence-corrected chi connectivity index (χ3v) is 2.67. The van der Waals surface area contributed by atoms with Gasteiger partial charge in [0.15, 0.2) is 0 Å². The fourth-order valence-electron chi connectivity index (χ4n) is 1.21. The van der Waals surface area contributed by atoms with E-state index in [2.05, 4.69) is 46.6 Å². The van der Waals surface area contributed by atoms with Crippen LogP contribution in [0, 0.1) is 11.3 Å². The predicted octanol–water partition coefficient (Wildman–Crippen LogP) is 3.01. The molecule has 0 fully saturated rings. The molecule has 0 bridgehead atoms. The lowest BCUT2D eigenvalue weighted by Crippen LogP contribution is -2.31. The first kappa shape index (κ1) is 12.0.